The number of carbonyl (C=O) groups is 3. The van der Waals surface area contributed by atoms with Crippen molar-refractivity contribution in [2.24, 2.45) is 5.92 Å². The molecule has 0 aliphatic carbocycles. The van der Waals surface area contributed by atoms with Crippen molar-refractivity contribution in [1.82, 2.24) is 14.8 Å². The Morgan fingerprint density at radius 2 is 1.81 bits per heavy atom. The molecule has 1 fully saturated rings. The van der Waals surface area contributed by atoms with Crippen LogP contribution in [0.1, 0.15) is 58.9 Å². The van der Waals surface area contributed by atoms with Gasteiger partial charge in [0.1, 0.15) is 0 Å². The fraction of sp³-hybridized carbons (Fsp3) is 0.440. The molecule has 1 saturated heterocycles. The lowest BCUT2D eigenvalue weighted by Gasteiger charge is -2.35. The van der Waals surface area contributed by atoms with Crippen molar-refractivity contribution >= 4 is 23.4 Å². The second kappa shape index (κ2) is 9.51. The van der Waals surface area contributed by atoms with E-state index in [4.69, 9.17) is 0 Å². The first-order valence-corrected chi connectivity index (χ1v) is 11.4. The summed E-state index contributed by atoms with van der Waals surface area (Å²) < 4.78 is 0. The molecule has 3 heterocycles. The largest absolute Gasteiger partial charge is 0.371 e. The number of aromatic nitrogens is 1. The minimum Gasteiger partial charge on any atom is -0.371 e. The molecule has 32 heavy (non-hydrogen) atoms. The third-order valence-electron chi connectivity index (χ3n) is 6.48. The molecule has 0 unspecified atom stereocenters. The molecular weight excluding hydrogens is 404 g/mol. The Kier molecular flexibility index (Phi) is 6.53. The number of hydrogen-bond donors (Lipinski definition) is 0. The van der Waals surface area contributed by atoms with Gasteiger partial charge in [-0.05, 0) is 49.1 Å². The predicted molar refractivity (Wildman–Crippen MR) is 122 cm³/mol. The van der Waals surface area contributed by atoms with Gasteiger partial charge in [-0.3, -0.25) is 24.3 Å². The van der Waals surface area contributed by atoms with Crippen molar-refractivity contribution in [3.05, 3.63) is 59.4 Å². The van der Waals surface area contributed by atoms with E-state index in [0.29, 0.717) is 24.2 Å². The molecule has 0 saturated carbocycles. The molecule has 0 atom stereocenters. The Morgan fingerprint density at radius 1 is 1.09 bits per heavy atom. The van der Waals surface area contributed by atoms with Crippen molar-refractivity contribution < 1.29 is 14.4 Å². The lowest BCUT2D eigenvalue weighted by Crippen LogP contribution is -2.42. The van der Waals surface area contributed by atoms with Crippen LogP contribution in [-0.4, -0.2) is 59.2 Å². The predicted octanol–water partition coefficient (Wildman–Crippen LogP) is 3.35. The second-order valence-corrected chi connectivity index (χ2v) is 8.63. The summed E-state index contributed by atoms with van der Waals surface area (Å²) in [6.07, 6.45) is 6.90. The highest BCUT2D eigenvalue weighted by molar-refractivity contribution is 6.23. The van der Waals surface area contributed by atoms with Crippen LogP contribution in [0.25, 0.3) is 0 Å². The molecule has 0 N–H and O–H groups in total. The van der Waals surface area contributed by atoms with Crippen molar-refractivity contribution in [3.63, 3.8) is 0 Å². The number of rotatable bonds is 7. The molecule has 168 valence electrons. The second-order valence-electron chi connectivity index (χ2n) is 8.63. The van der Waals surface area contributed by atoms with Crippen LogP contribution in [-0.2, 0) is 11.3 Å². The van der Waals surface area contributed by atoms with E-state index in [1.807, 2.05) is 36.2 Å². The molecule has 1 aromatic heterocycles. The highest BCUT2D eigenvalue weighted by Gasteiger charge is 2.39. The van der Waals surface area contributed by atoms with E-state index in [2.05, 4.69) is 16.8 Å². The Bertz CT molecular complexity index is 1000. The summed E-state index contributed by atoms with van der Waals surface area (Å²) in [4.78, 5) is 48.3. The summed E-state index contributed by atoms with van der Waals surface area (Å²) in [5.41, 5.74) is 2.60. The van der Waals surface area contributed by atoms with E-state index in [0.717, 1.165) is 43.5 Å². The van der Waals surface area contributed by atoms with Crippen LogP contribution in [0.2, 0.25) is 0 Å². The minimum atomic E-state index is -0.258. The van der Waals surface area contributed by atoms with Gasteiger partial charge in [-0.1, -0.05) is 19.4 Å². The Hall–Kier alpha value is -3.22. The smallest absolute Gasteiger partial charge is 0.263 e. The Balaban J connectivity index is 1.47. The molecule has 1 aromatic carbocycles. The first-order valence-electron chi connectivity index (χ1n) is 11.4. The van der Waals surface area contributed by atoms with E-state index >= 15 is 0 Å². The quantitative estimate of drug-likeness (QED) is 0.625. The summed E-state index contributed by atoms with van der Waals surface area (Å²) in [7, 11) is 1.89. The molecule has 0 radical (unpaired) electrons. The zero-order valence-corrected chi connectivity index (χ0v) is 18.8. The van der Waals surface area contributed by atoms with E-state index in [1.165, 1.54) is 4.90 Å². The normalized spacial score (nSPS) is 16.4. The summed E-state index contributed by atoms with van der Waals surface area (Å²) in [5, 5.41) is 0. The van der Waals surface area contributed by atoms with Gasteiger partial charge in [0.2, 0.25) is 5.91 Å². The number of amides is 3. The van der Waals surface area contributed by atoms with Crippen LogP contribution in [0.4, 0.5) is 5.69 Å². The molecule has 7 nitrogen and oxygen atoms in total. The Morgan fingerprint density at radius 3 is 2.50 bits per heavy atom. The SMILES string of the molecule is CCCCN(C)C(=O)C1CCN(c2cccc3c2C(=O)N(Cc2ccncc2)C3=O)CC1. The summed E-state index contributed by atoms with van der Waals surface area (Å²) >= 11 is 0. The molecule has 2 aliphatic rings. The average molecular weight is 435 g/mol. The number of pyridine rings is 1. The van der Waals surface area contributed by atoms with Gasteiger partial charge in [0.25, 0.3) is 11.8 Å². The van der Waals surface area contributed by atoms with Crippen LogP contribution >= 0.6 is 0 Å². The number of unbranched alkanes of at least 4 members (excludes halogenated alkanes) is 1. The highest BCUT2D eigenvalue weighted by atomic mass is 16.2. The van der Waals surface area contributed by atoms with Crippen LogP contribution in [0.5, 0.6) is 0 Å². The number of anilines is 1. The molecule has 4 rings (SSSR count). The van der Waals surface area contributed by atoms with Gasteiger partial charge in [0.05, 0.1) is 23.4 Å². The van der Waals surface area contributed by atoms with Crippen molar-refractivity contribution in [2.75, 3.05) is 31.6 Å². The summed E-state index contributed by atoms with van der Waals surface area (Å²) in [6, 6.07) is 9.10. The van der Waals surface area contributed by atoms with Gasteiger partial charge in [-0.2, -0.15) is 0 Å². The van der Waals surface area contributed by atoms with Crippen LogP contribution < -0.4 is 4.90 Å². The van der Waals surface area contributed by atoms with Gasteiger partial charge < -0.3 is 9.80 Å². The fourth-order valence-electron chi connectivity index (χ4n) is 4.58. The van der Waals surface area contributed by atoms with Crippen LogP contribution in [0, 0.1) is 5.92 Å². The third kappa shape index (κ3) is 4.24. The average Bonchev–Trinajstić information content (AvgIpc) is 3.07. The maximum Gasteiger partial charge on any atom is 0.263 e. The Labute approximate surface area is 189 Å². The molecule has 3 amide bonds. The first kappa shape index (κ1) is 22.0. The zero-order chi connectivity index (χ0) is 22.7. The number of imide groups is 1. The molecule has 2 aliphatic heterocycles. The van der Waals surface area contributed by atoms with Gasteiger partial charge >= 0.3 is 0 Å². The minimum absolute atomic E-state index is 0.0189. The molecule has 7 heteroatoms. The van der Waals surface area contributed by atoms with E-state index < -0.39 is 0 Å². The van der Waals surface area contributed by atoms with Crippen molar-refractivity contribution in [2.45, 2.75) is 39.2 Å². The zero-order valence-electron chi connectivity index (χ0n) is 18.8. The number of piperidine rings is 1. The third-order valence-corrected chi connectivity index (χ3v) is 6.48. The molecule has 2 aromatic rings. The van der Waals surface area contributed by atoms with Crippen LogP contribution in [0.15, 0.2) is 42.7 Å². The number of nitrogens with zero attached hydrogens (tertiary/aromatic N) is 4. The van der Waals surface area contributed by atoms with E-state index in [9.17, 15) is 14.4 Å². The van der Waals surface area contributed by atoms with Gasteiger partial charge in [0, 0.05) is 45.0 Å². The maximum absolute atomic E-state index is 13.2. The lowest BCUT2D eigenvalue weighted by atomic mass is 9.94. The molecular formula is C25H30N4O3. The molecule has 0 spiro atoms. The van der Waals surface area contributed by atoms with Crippen molar-refractivity contribution in [3.8, 4) is 0 Å². The monoisotopic (exact) mass is 434 g/mol. The number of hydrogen-bond acceptors (Lipinski definition) is 5. The number of carbonyl (C=O) groups excluding carboxylic acids is 3. The van der Waals surface area contributed by atoms with E-state index in [-0.39, 0.29) is 30.2 Å². The van der Waals surface area contributed by atoms with E-state index in [1.54, 1.807) is 18.5 Å². The molecule has 0 bridgehead atoms. The summed E-state index contributed by atoms with van der Waals surface area (Å²) in [6.45, 7) is 4.54. The fourth-order valence-corrected chi connectivity index (χ4v) is 4.58. The first-order chi connectivity index (χ1) is 15.5. The maximum atomic E-state index is 13.2. The van der Waals surface area contributed by atoms with Crippen LogP contribution in [0.3, 0.4) is 0 Å². The lowest BCUT2D eigenvalue weighted by molar-refractivity contribution is -0.134. The van der Waals surface area contributed by atoms with Gasteiger partial charge in [-0.25, -0.2) is 0 Å². The number of benzene rings is 1. The topological polar surface area (TPSA) is 73.8 Å². The van der Waals surface area contributed by atoms with Crippen molar-refractivity contribution in [1.29, 1.82) is 0 Å². The summed E-state index contributed by atoms with van der Waals surface area (Å²) in [5.74, 6) is -0.280. The van der Waals surface area contributed by atoms with Gasteiger partial charge in [0.15, 0.2) is 0 Å². The van der Waals surface area contributed by atoms with Gasteiger partial charge in [-0.15, -0.1) is 0 Å². The highest BCUT2D eigenvalue weighted by Crippen LogP contribution is 2.34. The number of fused-ring (bicyclic) bond motifs is 1. The standard InChI is InChI=1S/C25H30N4O3/c1-3-4-14-27(2)23(30)19-10-15-28(16-11-19)21-7-5-6-20-22(21)25(32)29(24(20)31)17-18-8-12-26-13-9-18/h5-9,12-13,19H,3-4,10-11,14-17H2,1-2H3.